The van der Waals surface area contributed by atoms with Crippen LogP contribution in [-0.4, -0.2) is 42.2 Å². The van der Waals surface area contributed by atoms with E-state index in [0.717, 1.165) is 25.3 Å². The molecule has 4 heteroatoms. The standard InChI is InChI=1S/C15H19NO3/c1-12-4-2-6-14(10-12)19-9-8-16-7-3-5-13(11-16)15(17)18/h2,4-6,10H,3,7-9,11H2,1H3,(H,17,18). The zero-order valence-corrected chi connectivity index (χ0v) is 11.1. The molecule has 0 unspecified atom stereocenters. The Labute approximate surface area is 113 Å². The zero-order chi connectivity index (χ0) is 13.7. The molecule has 0 aliphatic carbocycles. The Morgan fingerprint density at radius 2 is 2.32 bits per heavy atom. The van der Waals surface area contributed by atoms with E-state index in [1.807, 2.05) is 31.2 Å². The number of hydrogen-bond acceptors (Lipinski definition) is 3. The van der Waals surface area contributed by atoms with E-state index in [0.29, 0.717) is 18.7 Å². The van der Waals surface area contributed by atoms with Crippen molar-refractivity contribution in [3.8, 4) is 5.75 Å². The monoisotopic (exact) mass is 261 g/mol. The normalized spacial score (nSPS) is 15.9. The minimum Gasteiger partial charge on any atom is -0.492 e. The molecule has 4 nitrogen and oxygen atoms in total. The zero-order valence-electron chi connectivity index (χ0n) is 11.1. The average molecular weight is 261 g/mol. The minimum atomic E-state index is -0.815. The van der Waals surface area contributed by atoms with Crippen molar-refractivity contribution in [2.75, 3.05) is 26.2 Å². The van der Waals surface area contributed by atoms with Crippen LogP contribution in [0.4, 0.5) is 0 Å². The van der Waals surface area contributed by atoms with Gasteiger partial charge in [0.05, 0.1) is 0 Å². The number of ether oxygens (including phenoxy) is 1. The highest BCUT2D eigenvalue weighted by atomic mass is 16.5. The van der Waals surface area contributed by atoms with Crippen molar-refractivity contribution in [3.63, 3.8) is 0 Å². The van der Waals surface area contributed by atoms with Gasteiger partial charge in [0.1, 0.15) is 12.4 Å². The number of carbonyl (C=O) groups is 1. The maximum absolute atomic E-state index is 10.9. The number of nitrogens with zero attached hydrogens (tertiary/aromatic N) is 1. The SMILES string of the molecule is Cc1cccc(OCCN2CCC=C(C(=O)O)C2)c1. The van der Waals surface area contributed by atoms with Gasteiger partial charge in [-0.3, -0.25) is 4.90 Å². The fourth-order valence-corrected chi connectivity index (χ4v) is 2.15. The first-order valence-corrected chi connectivity index (χ1v) is 6.49. The van der Waals surface area contributed by atoms with Crippen molar-refractivity contribution in [1.82, 2.24) is 4.90 Å². The summed E-state index contributed by atoms with van der Waals surface area (Å²) in [6.07, 6.45) is 2.60. The van der Waals surface area contributed by atoms with E-state index in [1.165, 1.54) is 5.56 Å². The maximum Gasteiger partial charge on any atom is 0.332 e. The van der Waals surface area contributed by atoms with E-state index in [4.69, 9.17) is 9.84 Å². The summed E-state index contributed by atoms with van der Waals surface area (Å²) < 4.78 is 5.68. The summed E-state index contributed by atoms with van der Waals surface area (Å²) in [5, 5.41) is 8.96. The summed E-state index contributed by atoms with van der Waals surface area (Å²) >= 11 is 0. The lowest BCUT2D eigenvalue weighted by atomic mass is 10.1. The molecule has 1 aromatic carbocycles. The number of carboxylic acid groups (broad SMARTS) is 1. The topological polar surface area (TPSA) is 49.8 Å². The fraction of sp³-hybridized carbons (Fsp3) is 0.400. The molecule has 0 bridgehead atoms. The molecular formula is C15H19NO3. The van der Waals surface area contributed by atoms with E-state index in [2.05, 4.69) is 4.90 Å². The second-order valence-electron chi connectivity index (χ2n) is 4.76. The van der Waals surface area contributed by atoms with Gasteiger partial charge in [0.2, 0.25) is 0 Å². The van der Waals surface area contributed by atoms with Gasteiger partial charge in [0.15, 0.2) is 0 Å². The Kier molecular flexibility index (Phi) is 4.58. The van der Waals surface area contributed by atoms with E-state index in [-0.39, 0.29) is 0 Å². The molecule has 2 rings (SSSR count). The summed E-state index contributed by atoms with van der Waals surface area (Å²) in [5.41, 5.74) is 1.66. The van der Waals surface area contributed by atoms with Gasteiger partial charge in [-0.1, -0.05) is 18.2 Å². The summed E-state index contributed by atoms with van der Waals surface area (Å²) in [4.78, 5) is 13.0. The summed E-state index contributed by atoms with van der Waals surface area (Å²) in [6.45, 7) is 4.76. The van der Waals surface area contributed by atoms with E-state index < -0.39 is 5.97 Å². The van der Waals surface area contributed by atoms with Gasteiger partial charge in [-0.2, -0.15) is 0 Å². The number of rotatable bonds is 5. The fourth-order valence-electron chi connectivity index (χ4n) is 2.15. The quantitative estimate of drug-likeness (QED) is 0.881. The van der Waals surface area contributed by atoms with Crippen molar-refractivity contribution >= 4 is 5.97 Å². The summed E-state index contributed by atoms with van der Waals surface area (Å²) in [6, 6.07) is 7.93. The Morgan fingerprint density at radius 3 is 3.05 bits per heavy atom. The van der Waals surface area contributed by atoms with Crippen LogP contribution in [0.25, 0.3) is 0 Å². The van der Waals surface area contributed by atoms with Crippen molar-refractivity contribution in [2.24, 2.45) is 0 Å². The third kappa shape index (κ3) is 4.10. The molecule has 0 saturated carbocycles. The number of aryl methyl sites for hydroxylation is 1. The highest BCUT2D eigenvalue weighted by Crippen LogP contribution is 2.13. The summed E-state index contributed by atoms with van der Waals surface area (Å²) in [7, 11) is 0. The molecule has 1 aliphatic heterocycles. The molecule has 19 heavy (non-hydrogen) atoms. The first kappa shape index (κ1) is 13.6. The molecule has 0 spiro atoms. The molecule has 1 heterocycles. The second-order valence-corrected chi connectivity index (χ2v) is 4.76. The van der Waals surface area contributed by atoms with E-state index in [9.17, 15) is 4.79 Å². The van der Waals surface area contributed by atoms with Gasteiger partial charge in [0, 0.05) is 25.2 Å². The number of carboxylic acids is 1. The van der Waals surface area contributed by atoms with Crippen LogP contribution in [-0.2, 0) is 4.79 Å². The molecule has 0 radical (unpaired) electrons. The molecule has 0 saturated heterocycles. The van der Waals surface area contributed by atoms with Gasteiger partial charge >= 0.3 is 5.97 Å². The lowest BCUT2D eigenvalue weighted by molar-refractivity contribution is -0.133. The molecule has 102 valence electrons. The minimum absolute atomic E-state index is 0.488. The van der Waals surface area contributed by atoms with Crippen LogP contribution in [0, 0.1) is 6.92 Å². The number of hydrogen-bond donors (Lipinski definition) is 1. The van der Waals surface area contributed by atoms with Crippen molar-refractivity contribution in [3.05, 3.63) is 41.5 Å². The van der Waals surface area contributed by atoms with Crippen LogP contribution >= 0.6 is 0 Å². The van der Waals surface area contributed by atoms with Crippen LogP contribution < -0.4 is 4.74 Å². The number of aliphatic carboxylic acids is 1. The smallest absolute Gasteiger partial charge is 0.332 e. The molecule has 1 N–H and O–H groups in total. The predicted octanol–water partition coefficient (Wildman–Crippen LogP) is 2.09. The van der Waals surface area contributed by atoms with Gasteiger partial charge in [0.25, 0.3) is 0 Å². The van der Waals surface area contributed by atoms with Crippen molar-refractivity contribution in [1.29, 1.82) is 0 Å². The van der Waals surface area contributed by atoms with E-state index in [1.54, 1.807) is 6.08 Å². The molecule has 0 fully saturated rings. The van der Waals surface area contributed by atoms with Crippen LogP contribution in [0.15, 0.2) is 35.9 Å². The van der Waals surface area contributed by atoms with Gasteiger partial charge in [-0.25, -0.2) is 4.79 Å². The summed E-state index contributed by atoms with van der Waals surface area (Å²) in [5.74, 6) is 0.0512. The third-order valence-electron chi connectivity index (χ3n) is 3.17. The van der Waals surface area contributed by atoms with Crippen LogP contribution in [0.2, 0.25) is 0 Å². The Balaban J connectivity index is 1.77. The molecule has 1 aliphatic rings. The highest BCUT2D eigenvalue weighted by Gasteiger charge is 2.16. The molecule has 0 atom stereocenters. The Bertz CT molecular complexity index is 482. The Hall–Kier alpha value is -1.81. The first-order valence-electron chi connectivity index (χ1n) is 6.49. The maximum atomic E-state index is 10.9. The third-order valence-corrected chi connectivity index (χ3v) is 3.17. The molecule has 0 amide bonds. The second kappa shape index (κ2) is 6.38. The predicted molar refractivity (Wildman–Crippen MR) is 73.4 cm³/mol. The van der Waals surface area contributed by atoms with Crippen LogP contribution in [0.1, 0.15) is 12.0 Å². The Morgan fingerprint density at radius 1 is 1.47 bits per heavy atom. The van der Waals surface area contributed by atoms with Gasteiger partial charge in [-0.15, -0.1) is 0 Å². The van der Waals surface area contributed by atoms with E-state index >= 15 is 0 Å². The first-order chi connectivity index (χ1) is 9.15. The van der Waals surface area contributed by atoms with Gasteiger partial charge < -0.3 is 9.84 Å². The number of benzene rings is 1. The van der Waals surface area contributed by atoms with Crippen LogP contribution in [0.3, 0.4) is 0 Å². The molecule has 0 aromatic heterocycles. The van der Waals surface area contributed by atoms with Crippen LogP contribution in [0.5, 0.6) is 5.75 Å². The molecule has 1 aromatic rings. The lowest BCUT2D eigenvalue weighted by Crippen LogP contribution is -2.35. The average Bonchev–Trinajstić information content (AvgIpc) is 2.39. The largest absolute Gasteiger partial charge is 0.492 e. The van der Waals surface area contributed by atoms with Crippen molar-refractivity contribution in [2.45, 2.75) is 13.3 Å². The van der Waals surface area contributed by atoms with Crippen molar-refractivity contribution < 1.29 is 14.6 Å². The lowest BCUT2D eigenvalue weighted by Gasteiger charge is -2.25. The molecular weight excluding hydrogens is 242 g/mol. The van der Waals surface area contributed by atoms with Gasteiger partial charge in [-0.05, 0) is 31.0 Å². The highest BCUT2D eigenvalue weighted by molar-refractivity contribution is 5.87.